The summed E-state index contributed by atoms with van der Waals surface area (Å²) in [6.45, 7) is 7.53. The van der Waals surface area contributed by atoms with Crippen molar-refractivity contribution in [1.29, 1.82) is 0 Å². The summed E-state index contributed by atoms with van der Waals surface area (Å²) < 4.78 is 38.0. The molecule has 0 unspecified atom stereocenters. The number of nitrogens with zero attached hydrogens (tertiary/aromatic N) is 1. The summed E-state index contributed by atoms with van der Waals surface area (Å²) in [4.78, 5) is 0.273. The van der Waals surface area contributed by atoms with Gasteiger partial charge in [0.25, 0.3) is 0 Å². The Morgan fingerprint density at radius 3 is 2.43 bits per heavy atom. The van der Waals surface area contributed by atoms with Crippen LogP contribution in [0, 0.1) is 27.7 Å². The number of hydrogen-bond donors (Lipinski definition) is 1. The zero-order valence-electron chi connectivity index (χ0n) is 14.1. The number of aromatic nitrogens is 1. The maximum atomic E-state index is 12.5. The molecule has 0 amide bonds. The zero-order chi connectivity index (χ0) is 17.2. The van der Waals surface area contributed by atoms with Crippen molar-refractivity contribution in [3.05, 3.63) is 40.3 Å². The van der Waals surface area contributed by atoms with Crippen LogP contribution in [0.3, 0.4) is 0 Å². The molecule has 1 heterocycles. The second-order valence-electron chi connectivity index (χ2n) is 5.54. The maximum absolute atomic E-state index is 12.5. The number of aryl methyl sites for hydroxylation is 4. The van der Waals surface area contributed by atoms with Gasteiger partial charge in [-0.05, 0) is 57.4 Å². The maximum Gasteiger partial charge on any atom is 0.240 e. The summed E-state index contributed by atoms with van der Waals surface area (Å²) in [6, 6.07) is 3.37. The summed E-state index contributed by atoms with van der Waals surface area (Å²) in [6.07, 6.45) is 0.536. The van der Waals surface area contributed by atoms with Crippen LogP contribution in [0.15, 0.2) is 21.6 Å². The predicted octanol–water partition coefficient (Wildman–Crippen LogP) is 2.44. The van der Waals surface area contributed by atoms with E-state index in [-0.39, 0.29) is 11.4 Å². The van der Waals surface area contributed by atoms with E-state index < -0.39 is 10.0 Å². The van der Waals surface area contributed by atoms with Crippen LogP contribution < -0.4 is 9.46 Å². The minimum absolute atomic E-state index is 0.273. The van der Waals surface area contributed by atoms with Crippen LogP contribution >= 0.6 is 0 Å². The Bertz CT molecular complexity index is 790. The fraction of sp³-hybridized carbons (Fsp3) is 0.438. The fourth-order valence-corrected chi connectivity index (χ4v) is 3.86. The van der Waals surface area contributed by atoms with E-state index in [0.29, 0.717) is 17.7 Å². The van der Waals surface area contributed by atoms with E-state index in [9.17, 15) is 8.42 Å². The van der Waals surface area contributed by atoms with Gasteiger partial charge < -0.3 is 9.26 Å². The van der Waals surface area contributed by atoms with Crippen molar-refractivity contribution < 1.29 is 17.7 Å². The molecule has 6 nitrogen and oxygen atoms in total. The molecular weight excluding hydrogens is 316 g/mol. The van der Waals surface area contributed by atoms with Crippen molar-refractivity contribution in [2.24, 2.45) is 0 Å². The summed E-state index contributed by atoms with van der Waals surface area (Å²) in [5, 5.41) is 3.87. The normalized spacial score (nSPS) is 11.7. The molecule has 7 heteroatoms. The first-order valence-electron chi connectivity index (χ1n) is 7.33. The second kappa shape index (κ2) is 6.72. The Kier molecular flexibility index (Phi) is 5.11. The lowest BCUT2D eigenvalue weighted by molar-refractivity contribution is 0.392. The molecule has 1 aromatic heterocycles. The van der Waals surface area contributed by atoms with Crippen molar-refractivity contribution in [2.45, 2.75) is 39.0 Å². The number of hydrogen-bond acceptors (Lipinski definition) is 5. The number of rotatable bonds is 6. The van der Waals surface area contributed by atoms with Gasteiger partial charge in [0.1, 0.15) is 11.5 Å². The number of methoxy groups -OCH3 is 1. The predicted molar refractivity (Wildman–Crippen MR) is 87.3 cm³/mol. The first kappa shape index (κ1) is 17.5. The molecule has 0 atom stereocenters. The molecule has 23 heavy (non-hydrogen) atoms. The molecule has 126 valence electrons. The van der Waals surface area contributed by atoms with Crippen molar-refractivity contribution in [3.63, 3.8) is 0 Å². The van der Waals surface area contributed by atoms with Crippen molar-refractivity contribution in [1.82, 2.24) is 9.88 Å². The van der Waals surface area contributed by atoms with Crippen LogP contribution in [0.5, 0.6) is 5.75 Å². The van der Waals surface area contributed by atoms with Crippen LogP contribution in [-0.4, -0.2) is 27.2 Å². The Labute approximate surface area is 136 Å². The Morgan fingerprint density at radius 1 is 1.17 bits per heavy atom. The van der Waals surface area contributed by atoms with Gasteiger partial charge in [0.05, 0.1) is 17.7 Å². The molecule has 0 aliphatic carbocycles. The number of sulfonamides is 1. The smallest absolute Gasteiger partial charge is 0.240 e. The second-order valence-corrected chi connectivity index (χ2v) is 7.27. The van der Waals surface area contributed by atoms with Crippen LogP contribution in [0.1, 0.15) is 28.1 Å². The van der Waals surface area contributed by atoms with E-state index in [4.69, 9.17) is 9.26 Å². The minimum Gasteiger partial charge on any atom is -0.496 e. The van der Waals surface area contributed by atoms with Gasteiger partial charge in [0, 0.05) is 12.1 Å². The lowest BCUT2D eigenvalue weighted by Crippen LogP contribution is -2.27. The van der Waals surface area contributed by atoms with E-state index in [1.54, 1.807) is 26.2 Å². The first-order valence-corrected chi connectivity index (χ1v) is 8.81. The van der Waals surface area contributed by atoms with Gasteiger partial charge in [-0.1, -0.05) is 5.16 Å². The van der Waals surface area contributed by atoms with E-state index in [0.717, 1.165) is 22.6 Å². The standard InChI is InChI=1S/C16H22N2O4S/c1-10-9-16(11(2)8-15(10)21-5)23(19,20)17-7-6-14-12(3)18-22-13(14)4/h8-9,17H,6-7H2,1-5H3. The zero-order valence-corrected chi connectivity index (χ0v) is 14.9. The number of nitrogens with one attached hydrogen (secondary N) is 1. The van der Waals surface area contributed by atoms with Gasteiger partial charge in [-0.3, -0.25) is 0 Å². The molecule has 0 spiro atoms. The SMILES string of the molecule is COc1cc(C)c(S(=O)(=O)NCCc2c(C)noc2C)cc1C. The molecule has 0 bridgehead atoms. The Morgan fingerprint density at radius 2 is 1.87 bits per heavy atom. The monoisotopic (exact) mass is 338 g/mol. The molecule has 0 fully saturated rings. The highest BCUT2D eigenvalue weighted by Crippen LogP contribution is 2.25. The average molecular weight is 338 g/mol. The van der Waals surface area contributed by atoms with E-state index in [2.05, 4.69) is 9.88 Å². The van der Waals surface area contributed by atoms with Crippen molar-refractivity contribution in [3.8, 4) is 5.75 Å². The molecule has 0 aliphatic heterocycles. The molecule has 1 N–H and O–H groups in total. The quantitative estimate of drug-likeness (QED) is 0.875. The minimum atomic E-state index is -3.57. The summed E-state index contributed by atoms with van der Waals surface area (Å²) in [5.74, 6) is 1.40. The van der Waals surface area contributed by atoms with Crippen molar-refractivity contribution >= 4 is 10.0 Å². The van der Waals surface area contributed by atoms with Gasteiger partial charge in [0.2, 0.25) is 10.0 Å². The number of benzene rings is 1. The topological polar surface area (TPSA) is 81.4 Å². The van der Waals surface area contributed by atoms with Gasteiger partial charge in [-0.15, -0.1) is 0 Å². The van der Waals surface area contributed by atoms with Gasteiger partial charge in [-0.2, -0.15) is 0 Å². The third-order valence-electron chi connectivity index (χ3n) is 3.83. The number of ether oxygens (including phenoxy) is 1. The van der Waals surface area contributed by atoms with Gasteiger partial charge in [-0.25, -0.2) is 13.1 Å². The van der Waals surface area contributed by atoms with Crippen LogP contribution in [0.25, 0.3) is 0 Å². The summed E-state index contributed by atoms with van der Waals surface area (Å²) >= 11 is 0. The summed E-state index contributed by atoms with van der Waals surface area (Å²) in [5.41, 5.74) is 3.16. The lowest BCUT2D eigenvalue weighted by Gasteiger charge is -2.12. The van der Waals surface area contributed by atoms with Gasteiger partial charge in [0.15, 0.2) is 0 Å². The average Bonchev–Trinajstić information content (AvgIpc) is 2.80. The third-order valence-corrected chi connectivity index (χ3v) is 5.43. The van der Waals surface area contributed by atoms with Crippen LogP contribution in [0.4, 0.5) is 0 Å². The Balaban J connectivity index is 2.15. The molecule has 0 saturated heterocycles. The first-order chi connectivity index (χ1) is 10.8. The molecule has 0 saturated carbocycles. The van der Waals surface area contributed by atoms with E-state index in [1.807, 2.05) is 20.8 Å². The van der Waals surface area contributed by atoms with Crippen molar-refractivity contribution in [2.75, 3.05) is 13.7 Å². The lowest BCUT2D eigenvalue weighted by atomic mass is 10.1. The molecule has 1 aromatic carbocycles. The Hall–Kier alpha value is -1.86. The van der Waals surface area contributed by atoms with E-state index >= 15 is 0 Å². The fourth-order valence-electron chi connectivity index (χ4n) is 2.52. The summed E-state index contributed by atoms with van der Waals surface area (Å²) in [7, 11) is -2.01. The molecule has 0 radical (unpaired) electrons. The molecule has 2 aromatic rings. The van der Waals surface area contributed by atoms with Gasteiger partial charge >= 0.3 is 0 Å². The van der Waals surface area contributed by atoms with Crippen LogP contribution in [-0.2, 0) is 16.4 Å². The largest absolute Gasteiger partial charge is 0.496 e. The molecular formula is C16H22N2O4S. The highest BCUT2D eigenvalue weighted by Gasteiger charge is 2.19. The molecule has 0 aliphatic rings. The third kappa shape index (κ3) is 3.73. The highest BCUT2D eigenvalue weighted by molar-refractivity contribution is 7.89. The highest BCUT2D eigenvalue weighted by atomic mass is 32.2. The molecule has 2 rings (SSSR count). The van der Waals surface area contributed by atoms with Crippen LogP contribution in [0.2, 0.25) is 0 Å². The van der Waals surface area contributed by atoms with E-state index in [1.165, 1.54) is 0 Å².